The highest BCUT2D eigenvalue weighted by atomic mass is 127. The third-order valence-corrected chi connectivity index (χ3v) is 6.08. The predicted octanol–water partition coefficient (Wildman–Crippen LogP) is 4.39. The van der Waals surface area contributed by atoms with Crippen molar-refractivity contribution in [3.8, 4) is 5.75 Å². The van der Waals surface area contributed by atoms with Crippen LogP contribution in [0.5, 0.6) is 5.75 Å². The second-order valence-corrected chi connectivity index (χ2v) is 10.1. The molecule has 2 N–H and O–H groups in total. The Hall–Kier alpha value is -0.830. The van der Waals surface area contributed by atoms with Crippen LogP contribution in [0.3, 0.4) is 0 Å². The maximum absolute atomic E-state index is 12.2. The summed E-state index contributed by atoms with van der Waals surface area (Å²) in [4.78, 5) is 4.68. The number of ether oxygens (including phenoxy) is 1. The van der Waals surface area contributed by atoms with Crippen molar-refractivity contribution < 1.29 is 8.95 Å². The summed E-state index contributed by atoms with van der Waals surface area (Å²) in [5, 5.41) is 6.53. The van der Waals surface area contributed by atoms with Gasteiger partial charge in [-0.05, 0) is 59.6 Å². The minimum atomic E-state index is -0.877. The van der Waals surface area contributed by atoms with Crippen LogP contribution < -0.4 is 15.4 Å². The highest BCUT2D eigenvalue weighted by molar-refractivity contribution is 14.0. The first-order valence-electron chi connectivity index (χ1n) is 9.84. The maximum Gasteiger partial charge on any atom is 0.191 e. The van der Waals surface area contributed by atoms with Crippen molar-refractivity contribution in [1.29, 1.82) is 0 Å². The SMILES string of the molecule is CCNC(=NCc1ccc(C)cc1OC(C)CC)NCCS(=O)C(C)(C)C.I. The van der Waals surface area contributed by atoms with E-state index in [2.05, 4.69) is 54.6 Å². The molecular formula is C21H38IN3O2S. The molecule has 0 aliphatic carbocycles. The monoisotopic (exact) mass is 523 g/mol. The lowest BCUT2D eigenvalue weighted by Crippen LogP contribution is -2.40. The Morgan fingerprint density at radius 3 is 2.50 bits per heavy atom. The summed E-state index contributed by atoms with van der Waals surface area (Å²) >= 11 is 0. The van der Waals surface area contributed by atoms with Crippen molar-refractivity contribution in [3.05, 3.63) is 29.3 Å². The zero-order chi connectivity index (χ0) is 20.4. The lowest BCUT2D eigenvalue weighted by atomic mass is 10.1. The molecule has 0 saturated carbocycles. The third kappa shape index (κ3) is 10.1. The van der Waals surface area contributed by atoms with Gasteiger partial charge < -0.3 is 15.4 Å². The van der Waals surface area contributed by atoms with Crippen LogP contribution in [-0.2, 0) is 17.3 Å². The van der Waals surface area contributed by atoms with Gasteiger partial charge in [-0.3, -0.25) is 4.21 Å². The molecule has 5 nitrogen and oxygen atoms in total. The van der Waals surface area contributed by atoms with Gasteiger partial charge >= 0.3 is 0 Å². The molecule has 0 aromatic heterocycles. The quantitative estimate of drug-likeness (QED) is 0.286. The molecule has 0 bridgehead atoms. The summed E-state index contributed by atoms with van der Waals surface area (Å²) in [6.07, 6.45) is 1.14. The van der Waals surface area contributed by atoms with Gasteiger partial charge in [0, 0.05) is 40.0 Å². The zero-order valence-corrected chi connectivity index (χ0v) is 21.6. The molecule has 2 atom stereocenters. The molecule has 0 aliphatic rings. The number of hydrogen-bond acceptors (Lipinski definition) is 3. The Morgan fingerprint density at radius 2 is 1.93 bits per heavy atom. The molecular weight excluding hydrogens is 485 g/mol. The van der Waals surface area contributed by atoms with E-state index in [1.165, 1.54) is 5.56 Å². The molecule has 0 aliphatic heterocycles. The van der Waals surface area contributed by atoms with Crippen LogP contribution in [0.4, 0.5) is 0 Å². The average molecular weight is 524 g/mol. The molecule has 0 spiro atoms. The van der Waals surface area contributed by atoms with E-state index < -0.39 is 10.8 Å². The van der Waals surface area contributed by atoms with Crippen molar-refractivity contribution in [1.82, 2.24) is 10.6 Å². The second-order valence-electron chi connectivity index (χ2n) is 7.73. The number of hydrogen-bond donors (Lipinski definition) is 2. The van der Waals surface area contributed by atoms with E-state index in [-0.39, 0.29) is 34.8 Å². The summed E-state index contributed by atoms with van der Waals surface area (Å²) in [7, 11) is -0.877. The van der Waals surface area contributed by atoms with Gasteiger partial charge in [0.05, 0.1) is 12.6 Å². The van der Waals surface area contributed by atoms with Gasteiger partial charge in [-0.15, -0.1) is 24.0 Å². The Balaban J connectivity index is 0.00000729. The lowest BCUT2D eigenvalue weighted by Gasteiger charge is -2.19. The molecule has 28 heavy (non-hydrogen) atoms. The van der Waals surface area contributed by atoms with Crippen molar-refractivity contribution in [2.24, 2.45) is 4.99 Å². The Labute approximate surface area is 191 Å². The first kappa shape index (κ1) is 27.2. The van der Waals surface area contributed by atoms with E-state index in [4.69, 9.17) is 4.74 Å². The Bertz CT molecular complexity index is 645. The van der Waals surface area contributed by atoms with Gasteiger partial charge in [-0.25, -0.2) is 4.99 Å². The molecule has 0 saturated heterocycles. The number of rotatable bonds is 9. The molecule has 1 rings (SSSR count). The average Bonchev–Trinajstić information content (AvgIpc) is 2.59. The van der Waals surface area contributed by atoms with Crippen LogP contribution in [-0.4, -0.2) is 39.9 Å². The molecule has 0 fully saturated rings. The molecule has 2 unspecified atom stereocenters. The number of nitrogens with one attached hydrogen (secondary N) is 2. The predicted molar refractivity (Wildman–Crippen MR) is 133 cm³/mol. The number of guanidine groups is 1. The Morgan fingerprint density at radius 1 is 1.25 bits per heavy atom. The van der Waals surface area contributed by atoms with E-state index in [0.29, 0.717) is 18.8 Å². The molecule has 162 valence electrons. The smallest absolute Gasteiger partial charge is 0.191 e. The number of nitrogens with zero attached hydrogens (tertiary/aromatic N) is 1. The minimum absolute atomic E-state index is 0. The maximum atomic E-state index is 12.2. The second kappa shape index (κ2) is 13.4. The molecule has 7 heteroatoms. The molecule has 1 aromatic rings. The fourth-order valence-corrected chi connectivity index (χ4v) is 3.18. The van der Waals surface area contributed by atoms with Crippen molar-refractivity contribution in [3.63, 3.8) is 0 Å². The third-order valence-electron chi connectivity index (χ3n) is 4.14. The Kier molecular flexibility index (Phi) is 13.0. The van der Waals surface area contributed by atoms with E-state index in [0.717, 1.165) is 30.2 Å². The highest BCUT2D eigenvalue weighted by Crippen LogP contribution is 2.23. The number of halogens is 1. The normalized spacial score (nSPS) is 14.0. The van der Waals surface area contributed by atoms with Crippen LogP contribution >= 0.6 is 24.0 Å². The first-order chi connectivity index (χ1) is 12.7. The number of benzene rings is 1. The number of aliphatic imine (C=N–C) groups is 1. The summed E-state index contributed by atoms with van der Waals surface area (Å²) < 4.78 is 18.1. The van der Waals surface area contributed by atoms with Crippen molar-refractivity contribution in [2.75, 3.05) is 18.8 Å². The first-order valence-corrected chi connectivity index (χ1v) is 11.2. The van der Waals surface area contributed by atoms with Crippen LogP contribution in [0.25, 0.3) is 0 Å². The zero-order valence-electron chi connectivity index (χ0n) is 18.4. The standard InChI is InChI=1S/C21H37N3O2S.HI/c1-8-17(4)26-19-14-16(3)10-11-18(19)15-24-20(22-9-2)23-12-13-27(25)21(5,6)7;/h10-11,14,17H,8-9,12-13,15H2,1-7H3,(H2,22,23,24);1H. The molecule has 0 radical (unpaired) electrons. The topological polar surface area (TPSA) is 62.7 Å². The van der Waals surface area contributed by atoms with Crippen LogP contribution in [0.15, 0.2) is 23.2 Å². The fourth-order valence-electron chi connectivity index (χ4n) is 2.28. The fraction of sp³-hybridized carbons (Fsp3) is 0.667. The molecule has 1 aromatic carbocycles. The van der Waals surface area contributed by atoms with Gasteiger partial charge in [0.1, 0.15) is 5.75 Å². The largest absolute Gasteiger partial charge is 0.490 e. The van der Waals surface area contributed by atoms with E-state index in [1.807, 2.05) is 27.7 Å². The molecule has 0 heterocycles. The van der Waals surface area contributed by atoms with Crippen LogP contribution in [0.1, 0.15) is 59.1 Å². The summed E-state index contributed by atoms with van der Waals surface area (Å²) in [6, 6.07) is 6.24. The molecule has 0 amide bonds. The van der Waals surface area contributed by atoms with Gasteiger partial charge in [-0.2, -0.15) is 0 Å². The minimum Gasteiger partial charge on any atom is -0.490 e. The summed E-state index contributed by atoms with van der Waals surface area (Å²) in [5.74, 6) is 2.23. The highest BCUT2D eigenvalue weighted by Gasteiger charge is 2.18. The van der Waals surface area contributed by atoms with Crippen molar-refractivity contribution >= 4 is 40.7 Å². The van der Waals surface area contributed by atoms with E-state index in [1.54, 1.807) is 0 Å². The van der Waals surface area contributed by atoms with Gasteiger partial charge in [-0.1, -0.05) is 19.1 Å². The van der Waals surface area contributed by atoms with Crippen molar-refractivity contribution in [2.45, 2.75) is 72.3 Å². The van der Waals surface area contributed by atoms with Crippen LogP contribution in [0, 0.1) is 6.92 Å². The van der Waals surface area contributed by atoms with Crippen LogP contribution in [0.2, 0.25) is 0 Å². The number of aryl methyl sites for hydroxylation is 1. The van der Waals surface area contributed by atoms with E-state index >= 15 is 0 Å². The summed E-state index contributed by atoms with van der Waals surface area (Å²) in [5.41, 5.74) is 2.24. The van der Waals surface area contributed by atoms with Gasteiger partial charge in [0.15, 0.2) is 5.96 Å². The summed E-state index contributed by atoms with van der Waals surface area (Å²) in [6.45, 7) is 16.2. The van der Waals surface area contributed by atoms with Gasteiger partial charge in [0.2, 0.25) is 0 Å². The van der Waals surface area contributed by atoms with E-state index in [9.17, 15) is 4.21 Å². The lowest BCUT2D eigenvalue weighted by molar-refractivity contribution is 0.215. The van der Waals surface area contributed by atoms with Gasteiger partial charge in [0.25, 0.3) is 0 Å².